The third-order valence-corrected chi connectivity index (χ3v) is 6.00. The van der Waals surface area contributed by atoms with E-state index in [0.717, 1.165) is 6.07 Å². The number of hydrogen-bond donors (Lipinski definition) is 5. The van der Waals surface area contributed by atoms with Gasteiger partial charge < -0.3 is 44.5 Å². The van der Waals surface area contributed by atoms with Gasteiger partial charge in [-0.15, -0.1) is 0 Å². The number of hydrogen-bond acceptors (Lipinski definition) is 10. The minimum absolute atomic E-state index is 0. The molecule has 5 N–H and O–H groups in total. The van der Waals surface area contributed by atoms with E-state index in [2.05, 4.69) is 0 Å². The fourth-order valence-corrected chi connectivity index (χ4v) is 4.28. The summed E-state index contributed by atoms with van der Waals surface area (Å²) >= 11 is 0. The van der Waals surface area contributed by atoms with Gasteiger partial charge in [0.2, 0.25) is 5.78 Å². The molecule has 2 aliphatic rings. The first-order chi connectivity index (χ1) is 16.8. The van der Waals surface area contributed by atoms with Gasteiger partial charge in [-0.1, -0.05) is 12.1 Å². The summed E-state index contributed by atoms with van der Waals surface area (Å²) in [4.78, 5) is 12.7. The average Bonchev–Trinajstić information content (AvgIpc) is 2.85. The number of aliphatic hydroxyl groups is 2. The van der Waals surface area contributed by atoms with E-state index >= 15 is 0 Å². The Morgan fingerprint density at radius 3 is 2.25 bits per heavy atom. The van der Waals surface area contributed by atoms with Crippen molar-refractivity contribution in [1.82, 2.24) is 0 Å². The quantitative estimate of drug-likeness (QED) is 0.254. The number of rotatable bonds is 4. The number of phenolic OH excluding ortho intramolecular Hbond substituents is 3. The number of ether oxygens (including phenoxy) is 4. The fourth-order valence-electron chi connectivity index (χ4n) is 4.28. The van der Waals surface area contributed by atoms with Crippen LogP contribution in [-0.4, -0.2) is 84.5 Å². The molecule has 188 valence electrons. The number of phenols is 3. The van der Waals surface area contributed by atoms with Crippen molar-refractivity contribution in [3.05, 3.63) is 65.2 Å². The SMILES string of the molecule is COc1cc([C@H]2Oc3cc([C@H]4Oc5cc(O)cc(O)c5C(=O)[C@@H]4O)ccc3O[C@@H]2CO)ccc1O.[PbH2]. The Bertz CT molecular complexity index is 1310. The zero-order chi connectivity index (χ0) is 24.9. The van der Waals surface area contributed by atoms with Gasteiger partial charge in [0.15, 0.2) is 47.4 Å². The number of Topliss-reactive ketones (excluding diaryl/α,β-unsaturated/α-hetero) is 1. The monoisotopic (exact) mass is 692 g/mol. The van der Waals surface area contributed by atoms with E-state index in [9.17, 15) is 30.3 Å². The Balaban J connectivity index is 0.00000304. The molecular weight excluding hydrogens is 667 g/mol. The van der Waals surface area contributed by atoms with E-state index in [1.165, 1.54) is 19.2 Å². The zero-order valence-corrected chi connectivity index (χ0v) is 24.6. The Labute approximate surface area is 225 Å². The molecule has 36 heavy (non-hydrogen) atoms. The van der Waals surface area contributed by atoms with Crippen LogP contribution in [0.25, 0.3) is 0 Å². The molecule has 0 aliphatic carbocycles. The summed E-state index contributed by atoms with van der Waals surface area (Å²) in [6, 6.07) is 11.5. The first-order valence-corrected chi connectivity index (χ1v) is 10.7. The van der Waals surface area contributed by atoms with E-state index < -0.39 is 35.9 Å². The van der Waals surface area contributed by atoms with Crippen molar-refractivity contribution in [2.75, 3.05) is 13.7 Å². The van der Waals surface area contributed by atoms with Crippen LogP contribution in [0.15, 0.2) is 48.5 Å². The van der Waals surface area contributed by atoms with E-state index in [1.807, 2.05) is 0 Å². The Kier molecular flexibility index (Phi) is 7.20. The standard InChI is InChI=1S/C25H22O10.Pb.2H/c1-32-17-6-11(2-4-14(17)28)24-20(10-26)33-16-5-3-12(7-18(16)34-24)25-23(31)22(30)21-15(29)8-13(27)9-19(21)35-25;;;/h2-9,20,23-29,31H,10H2,1H3;;;/t20-,23+,24-,25-;;;/m1.../s1. The predicted octanol–water partition coefficient (Wildman–Crippen LogP) is 1.45. The molecule has 0 aromatic heterocycles. The number of aliphatic hydroxyl groups excluding tert-OH is 2. The molecule has 0 unspecified atom stereocenters. The number of fused-ring (bicyclic) bond motifs is 2. The van der Waals surface area contributed by atoms with Crippen LogP contribution in [0, 0.1) is 0 Å². The van der Waals surface area contributed by atoms with Crippen LogP contribution in [0.4, 0.5) is 0 Å². The third-order valence-electron chi connectivity index (χ3n) is 6.00. The summed E-state index contributed by atoms with van der Waals surface area (Å²) in [5.74, 6) is -0.823. The second-order valence-electron chi connectivity index (χ2n) is 8.20. The topological polar surface area (TPSA) is 155 Å². The molecular formula is C25H24O10Pb. The molecule has 4 atom stereocenters. The Morgan fingerprint density at radius 1 is 0.833 bits per heavy atom. The molecule has 2 radical (unpaired) electrons. The van der Waals surface area contributed by atoms with Gasteiger partial charge in [-0.05, 0) is 29.8 Å². The minimum atomic E-state index is -1.62. The summed E-state index contributed by atoms with van der Waals surface area (Å²) in [5, 5.41) is 50.2. The van der Waals surface area contributed by atoms with Gasteiger partial charge in [0, 0.05) is 17.7 Å². The molecule has 5 rings (SSSR count). The summed E-state index contributed by atoms with van der Waals surface area (Å²) in [7, 11) is 1.41. The first-order valence-electron chi connectivity index (χ1n) is 10.7. The van der Waals surface area contributed by atoms with Crippen LogP contribution >= 0.6 is 0 Å². The maximum atomic E-state index is 12.7. The molecule has 0 saturated heterocycles. The van der Waals surface area contributed by atoms with Crippen molar-refractivity contribution >= 4 is 33.1 Å². The van der Waals surface area contributed by atoms with Crippen LogP contribution in [0.2, 0.25) is 0 Å². The molecule has 11 heteroatoms. The first kappa shape index (κ1) is 25.9. The predicted molar refractivity (Wildman–Crippen MR) is 128 cm³/mol. The van der Waals surface area contributed by atoms with Gasteiger partial charge >= 0.3 is 27.3 Å². The van der Waals surface area contributed by atoms with Crippen molar-refractivity contribution in [2.24, 2.45) is 0 Å². The van der Waals surface area contributed by atoms with E-state index in [4.69, 9.17) is 18.9 Å². The van der Waals surface area contributed by atoms with Crippen molar-refractivity contribution in [2.45, 2.75) is 24.4 Å². The van der Waals surface area contributed by atoms with E-state index in [1.54, 1.807) is 30.3 Å². The normalized spacial score (nSPS) is 22.1. The van der Waals surface area contributed by atoms with E-state index in [-0.39, 0.29) is 68.2 Å². The summed E-state index contributed by atoms with van der Waals surface area (Å²) in [6.07, 6.45) is -4.28. The summed E-state index contributed by atoms with van der Waals surface area (Å²) in [6.45, 7) is -0.349. The molecule has 2 heterocycles. The van der Waals surface area contributed by atoms with Gasteiger partial charge in [0.1, 0.15) is 22.8 Å². The summed E-state index contributed by atoms with van der Waals surface area (Å²) < 4.78 is 23.0. The molecule has 0 spiro atoms. The van der Waals surface area contributed by atoms with Crippen LogP contribution in [0.3, 0.4) is 0 Å². The number of ketones is 1. The molecule has 3 aromatic rings. The molecule has 0 fully saturated rings. The van der Waals surface area contributed by atoms with Gasteiger partial charge in [0.05, 0.1) is 13.7 Å². The molecule has 10 nitrogen and oxygen atoms in total. The molecule has 2 aliphatic heterocycles. The molecule has 0 bridgehead atoms. The second-order valence-corrected chi connectivity index (χ2v) is 8.20. The van der Waals surface area contributed by atoms with Crippen molar-refractivity contribution in [1.29, 1.82) is 0 Å². The molecule has 3 aromatic carbocycles. The second kappa shape index (κ2) is 10.0. The van der Waals surface area contributed by atoms with Crippen LogP contribution in [0.5, 0.6) is 40.2 Å². The fraction of sp³-hybridized carbons (Fsp3) is 0.240. The molecule has 0 amide bonds. The summed E-state index contributed by atoms with van der Waals surface area (Å²) in [5.41, 5.74) is 0.751. The number of carbonyl (C=O) groups is 1. The average molecular weight is 692 g/mol. The third kappa shape index (κ3) is 4.40. The van der Waals surface area contributed by atoms with Gasteiger partial charge in [-0.3, -0.25) is 4.79 Å². The number of methoxy groups -OCH3 is 1. The number of aromatic hydroxyl groups is 3. The Hall–Kier alpha value is -3.23. The van der Waals surface area contributed by atoms with Crippen LogP contribution in [-0.2, 0) is 0 Å². The Morgan fingerprint density at radius 2 is 1.53 bits per heavy atom. The number of benzene rings is 3. The maximum absolute atomic E-state index is 12.7. The van der Waals surface area contributed by atoms with Gasteiger partial charge in [-0.2, -0.15) is 0 Å². The molecule has 0 saturated carbocycles. The number of carbonyl (C=O) groups excluding carboxylic acids is 1. The van der Waals surface area contributed by atoms with Crippen molar-refractivity contribution in [3.63, 3.8) is 0 Å². The van der Waals surface area contributed by atoms with Crippen LogP contribution in [0.1, 0.15) is 33.7 Å². The van der Waals surface area contributed by atoms with Crippen LogP contribution < -0.4 is 18.9 Å². The van der Waals surface area contributed by atoms with E-state index in [0.29, 0.717) is 16.9 Å². The zero-order valence-electron chi connectivity index (χ0n) is 19.1. The van der Waals surface area contributed by atoms with Gasteiger partial charge in [0.25, 0.3) is 0 Å². The van der Waals surface area contributed by atoms with Crippen molar-refractivity contribution in [3.8, 4) is 40.2 Å². The van der Waals surface area contributed by atoms with Crippen molar-refractivity contribution < 1.29 is 49.3 Å². The van der Waals surface area contributed by atoms with Gasteiger partial charge in [-0.25, -0.2) is 0 Å².